The first-order chi connectivity index (χ1) is 8.06. The summed E-state index contributed by atoms with van der Waals surface area (Å²) >= 11 is 0. The zero-order chi connectivity index (χ0) is 12.8. The molecule has 0 aliphatic heterocycles. The molecule has 0 atom stereocenters. The summed E-state index contributed by atoms with van der Waals surface area (Å²) in [5.41, 5.74) is 0.281. The molecule has 88 valence electrons. The van der Waals surface area contributed by atoms with Gasteiger partial charge in [-0.1, -0.05) is 18.1 Å². The number of amides is 2. The maximum Gasteiger partial charge on any atom is 0.337 e. The summed E-state index contributed by atoms with van der Waals surface area (Å²) in [6.45, 7) is 0.154. The van der Waals surface area contributed by atoms with Crippen LogP contribution >= 0.6 is 0 Å². The van der Waals surface area contributed by atoms with E-state index in [1.54, 1.807) is 12.1 Å². The zero-order valence-electron chi connectivity index (χ0n) is 9.30. The van der Waals surface area contributed by atoms with Gasteiger partial charge in [-0.15, -0.1) is 6.42 Å². The van der Waals surface area contributed by atoms with E-state index in [1.807, 2.05) is 0 Å². The Morgan fingerprint density at radius 2 is 2.12 bits per heavy atom. The Kier molecular flexibility index (Phi) is 4.12. The third-order valence-electron chi connectivity index (χ3n) is 2.07. The van der Waals surface area contributed by atoms with Crippen molar-refractivity contribution in [2.45, 2.75) is 0 Å². The number of terminal acetylenes is 1. The maximum absolute atomic E-state index is 11.6. The van der Waals surface area contributed by atoms with E-state index in [1.165, 1.54) is 24.1 Å². The summed E-state index contributed by atoms with van der Waals surface area (Å²) in [4.78, 5) is 23.8. The lowest BCUT2D eigenvalue weighted by Crippen LogP contribution is -2.32. The van der Waals surface area contributed by atoms with Crippen molar-refractivity contribution in [3.05, 3.63) is 29.8 Å². The van der Waals surface area contributed by atoms with E-state index >= 15 is 0 Å². The van der Waals surface area contributed by atoms with Gasteiger partial charge in [0.25, 0.3) is 0 Å². The first-order valence-electron chi connectivity index (χ1n) is 4.84. The highest BCUT2D eigenvalue weighted by Gasteiger charge is 2.13. The molecule has 0 bridgehead atoms. The van der Waals surface area contributed by atoms with Gasteiger partial charge in [-0.25, -0.2) is 9.59 Å². The summed E-state index contributed by atoms with van der Waals surface area (Å²) in [5.74, 6) is 1.22. The monoisotopic (exact) mass is 232 g/mol. The number of benzene rings is 1. The number of para-hydroxylation sites is 1. The second-order valence-electron chi connectivity index (χ2n) is 3.34. The fraction of sp³-hybridized carbons (Fsp3) is 0.167. The molecular formula is C12H12N2O3. The molecule has 5 nitrogen and oxygen atoms in total. The average Bonchev–Trinajstić information content (AvgIpc) is 2.29. The van der Waals surface area contributed by atoms with E-state index in [4.69, 9.17) is 11.5 Å². The van der Waals surface area contributed by atoms with E-state index in [0.717, 1.165) is 0 Å². The minimum absolute atomic E-state index is 0.0370. The fourth-order valence-corrected chi connectivity index (χ4v) is 1.20. The standard InChI is InChI=1S/C12H12N2O3/c1-3-8-14(2)12(17)13-10-7-5-4-6-9(10)11(15)16/h1,4-7H,8H2,2H3,(H,13,17)(H,15,16). The number of nitrogens with one attached hydrogen (secondary N) is 1. The third-order valence-corrected chi connectivity index (χ3v) is 2.07. The summed E-state index contributed by atoms with van der Waals surface area (Å²) in [5, 5.41) is 11.4. The molecule has 0 fully saturated rings. The number of anilines is 1. The number of carbonyl (C=O) groups is 2. The van der Waals surface area contributed by atoms with Crippen molar-refractivity contribution in [2.24, 2.45) is 0 Å². The second-order valence-corrected chi connectivity index (χ2v) is 3.34. The molecule has 1 aromatic rings. The smallest absolute Gasteiger partial charge is 0.337 e. The highest BCUT2D eigenvalue weighted by atomic mass is 16.4. The summed E-state index contributed by atoms with van der Waals surface area (Å²) in [7, 11) is 1.53. The van der Waals surface area contributed by atoms with Crippen LogP contribution in [0.4, 0.5) is 10.5 Å². The quantitative estimate of drug-likeness (QED) is 0.775. The molecule has 0 heterocycles. The Balaban J connectivity index is 2.85. The van der Waals surface area contributed by atoms with Crippen molar-refractivity contribution in [2.75, 3.05) is 18.9 Å². The predicted molar refractivity (Wildman–Crippen MR) is 63.9 cm³/mol. The number of rotatable bonds is 3. The van der Waals surface area contributed by atoms with Crippen molar-refractivity contribution in [3.63, 3.8) is 0 Å². The number of aromatic carboxylic acids is 1. The van der Waals surface area contributed by atoms with E-state index in [-0.39, 0.29) is 17.8 Å². The number of urea groups is 1. The van der Waals surface area contributed by atoms with E-state index in [9.17, 15) is 9.59 Å². The molecule has 0 aliphatic carbocycles. The van der Waals surface area contributed by atoms with Gasteiger partial charge >= 0.3 is 12.0 Å². The van der Waals surface area contributed by atoms with Crippen molar-refractivity contribution < 1.29 is 14.7 Å². The number of nitrogens with zero attached hydrogens (tertiary/aromatic N) is 1. The number of hydrogen-bond donors (Lipinski definition) is 2. The van der Waals surface area contributed by atoms with Gasteiger partial charge in [-0.2, -0.15) is 0 Å². The molecule has 1 rings (SSSR count). The Hall–Kier alpha value is -2.48. The first-order valence-corrected chi connectivity index (χ1v) is 4.84. The van der Waals surface area contributed by atoms with E-state index in [0.29, 0.717) is 0 Å². The van der Waals surface area contributed by atoms with Crippen LogP contribution in [0.1, 0.15) is 10.4 Å². The molecule has 17 heavy (non-hydrogen) atoms. The Labute approximate surface area is 99.0 Å². The predicted octanol–water partition coefficient (Wildman–Crippen LogP) is 1.48. The van der Waals surface area contributed by atoms with Crippen molar-refractivity contribution >= 4 is 17.7 Å². The van der Waals surface area contributed by atoms with Crippen LogP contribution in [-0.2, 0) is 0 Å². The van der Waals surface area contributed by atoms with Crippen molar-refractivity contribution in [1.29, 1.82) is 0 Å². The Morgan fingerprint density at radius 3 is 2.71 bits per heavy atom. The molecule has 0 aromatic heterocycles. The van der Waals surface area contributed by atoms with Crippen molar-refractivity contribution in [3.8, 4) is 12.3 Å². The number of carbonyl (C=O) groups excluding carboxylic acids is 1. The van der Waals surface area contributed by atoms with Crippen LogP contribution < -0.4 is 5.32 Å². The fourth-order valence-electron chi connectivity index (χ4n) is 1.20. The van der Waals surface area contributed by atoms with Gasteiger partial charge in [0.2, 0.25) is 0 Å². The largest absolute Gasteiger partial charge is 0.478 e. The number of carboxylic acids is 1. The third kappa shape index (κ3) is 3.24. The van der Waals surface area contributed by atoms with Crippen molar-refractivity contribution in [1.82, 2.24) is 4.90 Å². The first kappa shape index (κ1) is 12.6. The van der Waals surface area contributed by atoms with Crippen LogP contribution in [0, 0.1) is 12.3 Å². The molecule has 2 amide bonds. The molecular weight excluding hydrogens is 220 g/mol. The van der Waals surface area contributed by atoms with Crippen LogP contribution in [0.3, 0.4) is 0 Å². The molecule has 2 N–H and O–H groups in total. The summed E-state index contributed by atoms with van der Waals surface area (Å²) < 4.78 is 0. The SMILES string of the molecule is C#CCN(C)C(=O)Nc1ccccc1C(=O)O. The molecule has 0 spiro atoms. The van der Waals surface area contributed by atoms with E-state index < -0.39 is 12.0 Å². The lowest BCUT2D eigenvalue weighted by Gasteiger charge is -2.15. The van der Waals surface area contributed by atoms with Gasteiger partial charge in [0.1, 0.15) is 0 Å². The Bertz CT molecular complexity index is 477. The molecule has 0 unspecified atom stereocenters. The van der Waals surface area contributed by atoms with Crippen LogP contribution in [0.5, 0.6) is 0 Å². The van der Waals surface area contributed by atoms with Crippen LogP contribution in [0.2, 0.25) is 0 Å². The molecule has 1 aromatic carbocycles. The molecule has 5 heteroatoms. The van der Waals surface area contributed by atoms with Gasteiger partial charge in [0, 0.05) is 7.05 Å². The molecule has 0 saturated heterocycles. The van der Waals surface area contributed by atoms with E-state index in [2.05, 4.69) is 11.2 Å². The normalized spacial score (nSPS) is 9.18. The number of hydrogen-bond acceptors (Lipinski definition) is 2. The highest BCUT2D eigenvalue weighted by molar-refractivity contribution is 5.99. The zero-order valence-corrected chi connectivity index (χ0v) is 9.30. The topological polar surface area (TPSA) is 69.6 Å². The lowest BCUT2D eigenvalue weighted by molar-refractivity contribution is 0.0698. The van der Waals surface area contributed by atoms with Gasteiger partial charge < -0.3 is 15.3 Å². The van der Waals surface area contributed by atoms with Gasteiger partial charge in [0.05, 0.1) is 17.8 Å². The molecule has 0 radical (unpaired) electrons. The minimum atomic E-state index is -1.10. The van der Waals surface area contributed by atoms with Crippen LogP contribution in [0.15, 0.2) is 24.3 Å². The Morgan fingerprint density at radius 1 is 1.47 bits per heavy atom. The van der Waals surface area contributed by atoms with Crippen LogP contribution in [0.25, 0.3) is 0 Å². The minimum Gasteiger partial charge on any atom is -0.478 e. The van der Waals surface area contributed by atoms with Gasteiger partial charge in [0.15, 0.2) is 0 Å². The highest BCUT2D eigenvalue weighted by Crippen LogP contribution is 2.15. The average molecular weight is 232 g/mol. The maximum atomic E-state index is 11.6. The lowest BCUT2D eigenvalue weighted by atomic mass is 10.2. The molecule has 0 aliphatic rings. The van der Waals surface area contributed by atoms with Gasteiger partial charge in [-0.05, 0) is 12.1 Å². The van der Waals surface area contributed by atoms with Gasteiger partial charge in [-0.3, -0.25) is 0 Å². The summed E-state index contributed by atoms with van der Waals surface area (Å²) in [6.07, 6.45) is 5.07. The number of carboxylic acid groups (broad SMARTS) is 1. The van der Waals surface area contributed by atoms with Crippen LogP contribution in [-0.4, -0.2) is 35.6 Å². The molecule has 0 saturated carbocycles. The summed E-state index contributed by atoms with van der Waals surface area (Å²) in [6, 6.07) is 5.72. The second kappa shape index (κ2) is 5.56.